The zero-order valence-electron chi connectivity index (χ0n) is 18.0. The Labute approximate surface area is 186 Å². The fourth-order valence-corrected chi connectivity index (χ4v) is 5.63. The standard InChI is InChI=1S/C23H30N6OS/c1-16-5-4-10-29(15-16)17-8-11-28(12-9-17)22(30)20-13-24-23(31-20)25-14-21-26-18-6-2-3-7-19(18)27-21/h2-3,6-7,13,16-17H,4-5,8-12,14-15H2,1H3,(H,24,25)(H,26,27)/t16-/m1/s1. The summed E-state index contributed by atoms with van der Waals surface area (Å²) in [6.07, 6.45) is 6.52. The predicted octanol–water partition coefficient (Wildman–Crippen LogP) is 3.97. The maximum absolute atomic E-state index is 13.0. The van der Waals surface area contributed by atoms with E-state index in [1.807, 2.05) is 29.2 Å². The van der Waals surface area contributed by atoms with Crippen LogP contribution in [0.25, 0.3) is 11.0 Å². The number of carbonyl (C=O) groups excluding carboxylic acids is 1. The maximum Gasteiger partial charge on any atom is 0.265 e. The first kappa shape index (κ1) is 20.5. The van der Waals surface area contributed by atoms with E-state index in [1.54, 1.807) is 6.20 Å². The SMILES string of the molecule is C[C@@H]1CCCN(C2CCN(C(=O)c3cnc(NCc4nc5ccccc5[nH]4)s3)CC2)C1. The van der Waals surface area contributed by atoms with Gasteiger partial charge >= 0.3 is 0 Å². The summed E-state index contributed by atoms with van der Waals surface area (Å²) in [7, 11) is 0. The summed E-state index contributed by atoms with van der Waals surface area (Å²) in [5.41, 5.74) is 1.98. The highest BCUT2D eigenvalue weighted by Crippen LogP contribution is 2.26. The molecule has 0 saturated carbocycles. The summed E-state index contributed by atoms with van der Waals surface area (Å²) in [6, 6.07) is 8.61. The molecule has 7 nitrogen and oxygen atoms in total. The van der Waals surface area contributed by atoms with E-state index in [1.165, 1.54) is 37.3 Å². The van der Waals surface area contributed by atoms with Gasteiger partial charge in [-0.15, -0.1) is 0 Å². The van der Waals surface area contributed by atoms with Crippen molar-refractivity contribution in [3.8, 4) is 0 Å². The van der Waals surface area contributed by atoms with Gasteiger partial charge in [-0.25, -0.2) is 9.97 Å². The molecule has 2 N–H and O–H groups in total. The number of piperidine rings is 2. The second-order valence-corrected chi connectivity index (χ2v) is 9.88. The smallest absolute Gasteiger partial charge is 0.265 e. The lowest BCUT2D eigenvalue weighted by atomic mass is 9.95. The summed E-state index contributed by atoms with van der Waals surface area (Å²) >= 11 is 1.42. The first-order valence-corrected chi connectivity index (χ1v) is 12.1. The fourth-order valence-electron chi connectivity index (χ4n) is 4.85. The number of amides is 1. The molecular weight excluding hydrogens is 408 g/mol. The van der Waals surface area contributed by atoms with Crippen LogP contribution in [0.5, 0.6) is 0 Å². The molecule has 0 aliphatic carbocycles. The summed E-state index contributed by atoms with van der Waals surface area (Å²) < 4.78 is 0. The number of carbonyl (C=O) groups is 1. The summed E-state index contributed by atoms with van der Waals surface area (Å²) in [4.78, 5) is 30.6. The average molecular weight is 439 g/mol. The molecule has 0 bridgehead atoms. The first-order valence-electron chi connectivity index (χ1n) is 11.3. The van der Waals surface area contributed by atoms with E-state index >= 15 is 0 Å². The van der Waals surface area contributed by atoms with E-state index in [9.17, 15) is 4.79 Å². The number of aromatic amines is 1. The molecule has 2 aliphatic rings. The Balaban J connectivity index is 1.14. The van der Waals surface area contributed by atoms with Crippen LogP contribution in [0.2, 0.25) is 0 Å². The molecule has 4 heterocycles. The molecule has 1 amide bonds. The van der Waals surface area contributed by atoms with E-state index in [0.717, 1.165) is 53.8 Å². The number of benzene rings is 1. The van der Waals surface area contributed by atoms with Crippen LogP contribution in [0, 0.1) is 5.92 Å². The minimum Gasteiger partial charge on any atom is -0.354 e. The summed E-state index contributed by atoms with van der Waals surface area (Å²) in [5.74, 6) is 1.77. The zero-order valence-corrected chi connectivity index (χ0v) is 18.8. The van der Waals surface area contributed by atoms with E-state index < -0.39 is 0 Å². The van der Waals surface area contributed by atoms with Gasteiger partial charge in [-0.2, -0.15) is 0 Å². The minimum absolute atomic E-state index is 0.111. The van der Waals surface area contributed by atoms with Crippen molar-refractivity contribution in [2.75, 3.05) is 31.5 Å². The number of para-hydroxylation sites is 2. The van der Waals surface area contributed by atoms with Crippen molar-refractivity contribution in [3.05, 3.63) is 41.2 Å². The van der Waals surface area contributed by atoms with Crippen LogP contribution in [0.4, 0.5) is 5.13 Å². The van der Waals surface area contributed by atoms with Crippen LogP contribution >= 0.6 is 11.3 Å². The number of aromatic nitrogens is 3. The molecule has 2 aromatic heterocycles. The van der Waals surface area contributed by atoms with Crippen LogP contribution in [-0.4, -0.2) is 62.9 Å². The molecule has 31 heavy (non-hydrogen) atoms. The van der Waals surface area contributed by atoms with Gasteiger partial charge < -0.3 is 15.2 Å². The molecule has 3 aromatic rings. The van der Waals surface area contributed by atoms with Crippen molar-refractivity contribution in [3.63, 3.8) is 0 Å². The molecular formula is C23H30N6OS. The molecule has 0 radical (unpaired) electrons. The number of nitrogens with one attached hydrogen (secondary N) is 2. The van der Waals surface area contributed by atoms with Gasteiger partial charge in [0, 0.05) is 25.7 Å². The number of H-pyrrole nitrogens is 1. The highest BCUT2D eigenvalue weighted by atomic mass is 32.1. The lowest BCUT2D eigenvalue weighted by Gasteiger charge is -2.41. The first-order chi connectivity index (χ1) is 15.2. The second kappa shape index (κ2) is 8.96. The van der Waals surface area contributed by atoms with Gasteiger partial charge in [0.25, 0.3) is 5.91 Å². The van der Waals surface area contributed by atoms with E-state index in [0.29, 0.717) is 17.5 Å². The molecule has 2 aliphatic heterocycles. The second-order valence-electron chi connectivity index (χ2n) is 8.85. The minimum atomic E-state index is 0.111. The van der Waals surface area contributed by atoms with Gasteiger partial charge in [0.15, 0.2) is 5.13 Å². The molecule has 2 saturated heterocycles. The third-order valence-electron chi connectivity index (χ3n) is 6.52. The van der Waals surface area contributed by atoms with E-state index in [-0.39, 0.29) is 5.91 Å². The predicted molar refractivity (Wildman–Crippen MR) is 124 cm³/mol. The molecule has 5 rings (SSSR count). The van der Waals surface area contributed by atoms with Crippen LogP contribution in [-0.2, 0) is 6.54 Å². The Morgan fingerprint density at radius 1 is 1.23 bits per heavy atom. The monoisotopic (exact) mass is 438 g/mol. The molecule has 1 atom stereocenters. The molecule has 8 heteroatoms. The third-order valence-corrected chi connectivity index (χ3v) is 7.46. The zero-order chi connectivity index (χ0) is 21.2. The molecule has 1 aromatic carbocycles. The van der Waals surface area contributed by atoms with Gasteiger partial charge in [-0.1, -0.05) is 30.4 Å². The normalized spacial score (nSPS) is 20.9. The number of likely N-dealkylation sites (tertiary alicyclic amines) is 2. The van der Waals surface area contributed by atoms with Crippen molar-refractivity contribution in [1.29, 1.82) is 0 Å². The largest absolute Gasteiger partial charge is 0.354 e. The van der Waals surface area contributed by atoms with Crippen LogP contribution < -0.4 is 5.32 Å². The van der Waals surface area contributed by atoms with Gasteiger partial charge in [0.1, 0.15) is 10.7 Å². The van der Waals surface area contributed by atoms with Crippen molar-refractivity contribution in [2.45, 2.75) is 45.2 Å². The summed E-state index contributed by atoms with van der Waals surface area (Å²) in [6.45, 7) is 7.03. The molecule has 0 spiro atoms. The van der Waals surface area contributed by atoms with Gasteiger partial charge in [-0.3, -0.25) is 9.69 Å². The molecule has 164 valence electrons. The lowest BCUT2D eigenvalue weighted by molar-refractivity contribution is 0.0545. The Morgan fingerprint density at radius 3 is 2.87 bits per heavy atom. The number of rotatable bonds is 5. The van der Waals surface area contributed by atoms with Crippen LogP contribution in [0.15, 0.2) is 30.5 Å². The molecule has 2 fully saturated rings. The molecule has 0 unspecified atom stereocenters. The topological polar surface area (TPSA) is 77.2 Å². The third kappa shape index (κ3) is 4.60. The van der Waals surface area contributed by atoms with Crippen molar-refractivity contribution in [2.24, 2.45) is 5.92 Å². The highest BCUT2D eigenvalue weighted by Gasteiger charge is 2.30. The van der Waals surface area contributed by atoms with Crippen LogP contribution in [0.3, 0.4) is 0 Å². The Kier molecular flexibility index (Phi) is 5.91. The van der Waals surface area contributed by atoms with Gasteiger partial charge in [-0.05, 0) is 50.3 Å². The maximum atomic E-state index is 13.0. The number of imidazole rings is 1. The van der Waals surface area contributed by atoms with Crippen molar-refractivity contribution in [1.82, 2.24) is 24.8 Å². The van der Waals surface area contributed by atoms with Crippen molar-refractivity contribution >= 4 is 33.4 Å². The quantitative estimate of drug-likeness (QED) is 0.630. The Bertz CT molecular complexity index is 1000. The fraction of sp³-hybridized carbons (Fsp3) is 0.522. The average Bonchev–Trinajstić information content (AvgIpc) is 3.44. The number of hydrogen-bond donors (Lipinski definition) is 2. The Hall–Kier alpha value is -2.45. The number of nitrogens with zero attached hydrogens (tertiary/aromatic N) is 4. The number of hydrogen-bond acceptors (Lipinski definition) is 6. The van der Waals surface area contributed by atoms with E-state index in [4.69, 9.17) is 0 Å². The summed E-state index contributed by atoms with van der Waals surface area (Å²) in [5, 5.41) is 4.04. The lowest BCUT2D eigenvalue weighted by Crippen LogP contribution is -2.49. The van der Waals surface area contributed by atoms with Gasteiger partial charge in [0.2, 0.25) is 0 Å². The van der Waals surface area contributed by atoms with Gasteiger partial charge in [0.05, 0.1) is 23.8 Å². The number of thiazole rings is 1. The van der Waals surface area contributed by atoms with Crippen LogP contribution in [0.1, 0.15) is 48.1 Å². The Morgan fingerprint density at radius 2 is 2.06 bits per heavy atom. The van der Waals surface area contributed by atoms with E-state index in [2.05, 4.69) is 32.1 Å². The highest BCUT2D eigenvalue weighted by molar-refractivity contribution is 7.17. The van der Waals surface area contributed by atoms with Crippen molar-refractivity contribution < 1.29 is 4.79 Å². The number of anilines is 1. The number of fused-ring (bicyclic) bond motifs is 1.